The van der Waals surface area contributed by atoms with E-state index in [0.717, 1.165) is 37.0 Å². The molecule has 0 atom stereocenters. The maximum absolute atomic E-state index is 12.8. The van der Waals surface area contributed by atoms with Gasteiger partial charge in [-0.3, -0.25) is 4.72 Å². The molecule has 2 aromatic rings. The van der Waals surface area contributed by atoms with Gasteiger partial charge in [0.05, 0.1) is 12.0 Å². The van der Waals surface area contributed by atoms with E-state index in [1.807, 2.05) is 0 Å². The molecule has 0 spiro atoms. The van der Waals surface area contributed by atoms with Gasteiger partial charge in [-0.2, -0.15) is 4.31 Å². The molecule has 29 heavy (non-hydrogen) atoms. The van der Waals surface area contributed by atoms with Crippen molar-refractivity contribution < 1.29 is 26.4 Å². The molecule has 1 aliphatic rings. The van der Waals surface area contributed by atoms with E-state index in [1.165, 1.54) is 47.1 Å². The van der Waals surface area contributed by atoms with Gasteiger partial charge in [0, 0.05) is 18.8 Å². The number of esters is 1. The molecule has 1 aliphatic heterocycles. The van der Waals surface area contributed by atoms with Crippen molar-refractivity contribution in [3.05, 3.63) is 40.6 Å². The van der Waals surface area contributed by atoms with Crippen LogP contribution in [0, 0.1) is 0 Å². The highest BCUT2D eigenvalue weighted by Crippen LogP contribution is 2.26. The molecule has 158 valence electrons. The summed E-state index contributed by atoms with van der Waals surface area (Å²) >= 11 is 0.964. The Morgan fingerprint density at radius 3 is 2.21 bits per heavy atom. The van der Waals surface area contributed by atoms with E-state index in [1.54, 1.807) is 0 Å². The highest BCUT2D eigenvalue weighted by molar-refractivity contribution is 7.93. The lowest BCUT2D eigenvalue weighted by atomic mass is 10.2. The number of carbonyl (C=O) groups excluding carboxylic acids is 1. The van der Waals surface area contributed by atoms with Crippen LogP contribution in [0.25, 0.3) is 0 Å². The zero-order chi connectivity index (χ0) is 21.1. The summed E-state index contributed by atoms with van der Waals surface area (Å²) in [5.41, 5.74) is 0.196. The molecule has 0 radical (unpaired) electrons. The third kappa shape index (κ3) is 4.80. The van der Waals surface area contributed by atoms with Crippen LogP contribution < -0.4 is 4.72 Å². The Balaban J connectivity index is 1.80. The summed E-state index contributed by atoms with van der Waals surface area (Å²) in [5.74, 6) is -0.737. The summed E-state index contributed by atoms with van der Waals surface area (Å²) in [6, 6.07) is 6.87. The third-order valence-electron chi connectivity index (χ3n) is 4.60. The minimum Gasteiger partial charge on any atom is -0.465 e. The average molecular weight is 459 g/mol. The quantitative estimate of drug-likeness (QED) is 0.667. The molecule has 1 fully saturated rings. The van der Waals surface area contributed by atoms with Crippen LogP contribution in [-0.2, 0) is 24.8 Å². The lowest BCUT2D eigenvalue weighted by Gasteiger charge is -2.20. The fraction of sp³-hybridized carbons (Fsp3) is 0.389. The molecule has 0 aliphatic carbocycles. The van der Waals surface area contributed by atoms with Crippen LogP contribution in [0.15, 0.2) is 45.5 Å². The second-order valence-corrected chi connectivity index (χ2v) is 11.1. The van der Waals surface area contributed by atoms with E-state index < -0.39 is 26.0 Å². The van der Waals surface area contributed by atoms with Gasteiger partial charge < -0.3 is 4.74 Å². The van der Waals surface area contributed by atoms with Gasteiger partial charge in [0.2, 0.25) is 10.0 Å². The largest absolute Gasteiger partial charge is 0.465 e. The first-order chi connectivity index (χ1) is 13.8. The Labute approximate surface area is 174 Å². The number of ether oxygens (including phenoxy) is 1. The van der Waals surface area contributed by atoms with E-state index in [2.05, 4.69) is 9.46 Å². The molecule has 2 heterocycles. The third-order valence-corrected chi connectivity index (χ3v) is 8.96. The highest BCUT2D eigenvalue weighted by Gasteiger charge is 2.27. The highest BCUT2D eigenvalue weighted by atomic mass is 32.2. The second kappa shape index (κ2) is 8.82. The lowest BCUT2D eigenvalue weighted by molar-refractivity contribution is 0.0602. The standard InChI is InChI=1S/C18H22N2O6S3/c1-26-18(21)17-16(10-13-27-17)28(22,23)19-14-6-8-15(9-7-14)29(24,25)20-11-4-2-3-5-12-20/h6-10,13,19H,2-5,11-12H2,1H3. The van der Waals surface area contributed by atoms with Crippen LogP contribution in [0.1, 0.15) is 35.4 Å². The second-order valence-electron chi connectivity index (χ2n) is 6.55. The number of hydrogen-bond donors (Lipinski definition) is 1. The molecule has 1 aromatic heterocycles. The van der Waals surface area contributed by atoms with Crippen molar-refractivity contribution in [3.63, 3.8) is 0 Å². The minimum absolute atomic E-state index is 0.0274. The van der Waals surface area contributed by atoms with Crippen LogP contribution >= 0.6 is 11.3 Å². The summed E-state index contributed by atoms with van der Waals surface area (Å²) < 4.78 is 59.4. The van der Waals surface area contributed by atoms with Crippen LogP contribution in [0.5, 0.6) is 0 Å². The summed E-state index contributed by atoms with van der Waals surface area (Å²) in [7, 11) is -6.47. The Morgan fingerprint density at radius 2 is 1.62 bits per heavy atom. The normalized spacial score (nSPS) is 16.2. The number of benzene rings is 1. The van der Waals surface area contributed by atoms with Crippen molar-refractivity contribution >= 4 is 43.0 Å². The van der Waals surface area contributed by atoms with Gasteiger partial charge in [-0.05, 0) is 48.6 Å². The molecule has 0 saturated carbocycles. The maximum atomic E-state index is 12.8. The van der Waals surface area contributed by atoms with Crippen LogP contribution in [0.2, 0.25) is 0 Å². The molecule has 8 nitrogen and oxygen atoms in total. The number of carbonyl (C=O) groups is 1. The summed E-state index contributed by atoms with van der Waals surface area (Å²) in [5, 5.41) is 1.48. The smallest absolute Gasteiger partial charge is 0.349 e. The predicted octanol–water partition coefficient (Wildman–Crippen LogP) is 2.90. The van der Waals surface area contributed by atoms with E-state index in [0.29, 0.717) is 13.1 Å². The maximum Gasteiger partial charge on any atom is 0.349 e. The number of sulfonamides is 2. The predicted molar refractivity (Wildman–Crippen MR) is 110 cm³/mol. The van der Waals surface area contributed by atoms with Gasteiger partial charge in [-0.1, -0.05) is 12.8 Å². The van der Waals surface area contributed by atoms with Crippen molar-refractivity contribution in [2.24, 2.45) is 0 Å². The Hall–Kier alpha value is -1.95. The summed E-state index contributed by atoms with van der Waals surface area (Å²) in [6.07, 6.45) is 3.70. The molecule has 0 amide bonds. The Bertz CT molecular complexity index is 1070. The number of hydrogen-bond acceptors (Lipinski definition) is 7. The SMILES string of the molecule is COC(=O)c1sccc1S(=O)(=O)Nc1ccc(S(=O)(=O)N2CCCCCC2)cc1. The molecule has 1 N–H and O–H groups in total. The van der Waals surface area contributed by atoms with Crippen LogP contribution in [0.3, 0.4) is 0 Å². The molecule has 1 aromatic carbocycles. The number of nitrogens with zero attached hydrogens (tertiary/aromatic N) is 1. The van der Waals surface area contributed by atoms with Crippen molar-refractivity contribution in [1.29, 1.82) is 0 Å². The van der Waals surface area contributed by atoms with E-state index in [9.17, 15) is 21.6 Å². The monoisotopic (exact) mass is 458 g/mol. The fourth-order valence-corrected chi connectivity index (χ4v) is 7.00. The number of thiophene rings is 1. The number of methoxy groups -OCH3 is 1. The molecule has 0 unspecified atom stereocenters. The topological polar surface area (TPSA) is 110 Å². The molecular weight excluding hydrogens is 436 g/mol. The minimum atomic E-state index is -4.03. The van der Waals surface area contributed by atoms with Crippen molar-refractivity contribution in [1.82, 2.24) is 4.31 Å². The van der Waals surface area contributed by atoms with Crippen molar-refractivity contribution in [2.45, 2.75) is 35.5 Å². The van der Waals surface area contributed by atoms with Crippen LogP contribution in [-0.4, -0.2) is 47.3 Å². The Morgan fingerprint density at radius 1 is 1.00 bits per heavy atom. The zero-order valence-corrected chi connectivity index (χ0v) is 18.3. The van der Waals surface area contributed by atoms with E-state index in [4.69, 9.17) is 0 Å². The van der Waals surface area contributed by atoms with Gasteiger partial charge in [0.15, 0.2) is 0 Å². The number of rotatable bonds is 6. The first kappa shape index (κ1) is 21.8. The van der Waals surface area contributed by atoms with Crippen molar-refractivity contribution in [3.8, 4) is 0 Å². The molecule has 11 heteroatoms. The number of nitrogens with one attached hydrogen (secondary N) is 1. The summed E-state index contributed by atoms with van der Waals surface area (Å²) in [4.78, 5) is 11.7. The molecule has 0 bridgehead atoms. The summed E-state index contributed by atoms with van der Waals surface area (Å²) in [6.45, 7) is 0.982. The molecular formula is C18H22N2O6S3. The van der Waals surface area contributed by atoms with Gasteiger partial charge in [0.1, 0.15) is 9.77 Å². The zero-order valence-electron chi connectivity index (χ0n) is 15.8. The van der Waals surface area contributed by atoms with E-state index in [-0.39, 0.29) is 20.4 Å². The molecule has 1 saturated heterocycles. The fourth-order valence-electron chi connectivity index (χ4n) is 3.09. The van der Waals surface area contributed by atoms with Gasteiger partial charge >= 0.3 is 5.97 Å². The van der Waals surface area contributed by atoms with Crippen LogP contribution in [0.4, 0.5) is 5.69 Å². The van der Waals surface area contributed by atoms with Crippen molar-refractivity contribution in [2.75, 3.05) is 24.9 Å². The van der Waals surface area contributed by atoms with E-state index >= 15 is 0 Å². The first-order valence-corrected chi connectivity index (χ1v) is 12.8. The average Bonchev–Trinajstić information content (AvgIpc) is 3.03. The van der Waals surface area contributed by atoms with Gasteiger partial charge in [-0.15, -0.1) is 11.3 Å². The van der Waals surface area contributed by atoms with Gasteiger partial charge in [-0.25, -0.2) is 21.6 Å². The first-order valence-electron chi connectivity index (χ1n) is 9.04. The molecule has 3 rings (SSSR count). The van der Waals surface area contributed by atoms with Gasteiger partial charge in [0.25, 0.3) is 10.0 Å². The number of anilines is 1. The lowest BCUT2D eigenvalue weighted by Crippen LogP contribution is -2.31. The Kier molecular flexibility index (Phi) is 6.62.